The van der Waals surface area contributed by atoms with E-state index < -0.39 is 0 Å². The number of nitrogens with one attached hydrogen (secondary N) is 2. The van der Waals surface area contributed by atoms with Crippen molar-refractivity contribution in [1.29, 1.82) is 0 Å². The first-order chi connectivity index (χ1) is 11.0. The molecule has 0 bridgehead atoms. The number of aliphatic imine (C=N–C) groups is 1. The molecule has 5 nitrogen and oxygen atoms in total. The van der Waals surface area contributed by atoms with Gasteiger partial charge >= 0.3 is 0 Å². The number of hydrogen-bond donors (Lipinski definition) is 2. The molecule has 2 N–H and O–H groups in total. The van der Waals surface area contributed by atoms with Crippen LogP contribution in [0, 0.1) is 5.41 Å². The van der Waals surface area contributed by atoms with Gasteiger partial charge in [0.2, 0.25) is 5.91 Å². The summed E-state index contributed by atoms with van der Waals surface area (Å²) in [5, 5.41) is 7.09. The maximum absolute atomic E-state index is 11.8. The lowest BCUT2D eigenvalue weighted by Gasteiger charge is -2.42. The molecule has 23 heavy (non-hydrogen) atoms. The third kappa shape index (κ3) is 5.40. The first kappa shape index (κ1) is 18.1. The molecule has 0 heterocycles. The summed E-state index contributed by atoms with van der Waals surface area (Å²) in [7, 11) is 3.56. The molecule has 2 fully saturated rings. The highest BCUT2D eigenvalue weighted by atomic mass is 16.2. The number of guanidine groups is 1. The monoisotopic (exact) mass is 322 g/mol. The van der Waals surface area contributed by atoms with E-state index in [2.05, 4.69) is 22.5 Å². The molecule has 0 aromatic heterocycles. The van der Waals surface area contributed by atoms with Crippen LogP contribution in [0.1, 0.15) is 64.7 Å². The first-order valence-corrected chi connectivity index (χ1v) is 9.30. The van der Waals surface area contributed by atoms with Crippen molar-refractivity contribution < 1.29 is 4.79 Å². The van der Waals surface area contributed by atoms with Gasteiger partial charge in [-0.2, -0.15) is 0 Å². The predicted octanol–water partition coefficient (Wildman–Crippen LogP) is 2.52. The van der Waals surface area contributed by atoms with Gasteiger partial charge in [-0.15, -0.1) is 0 Å². The molecule has 0 saturated heterocycles. The van der Waals surface area contributed by atoms with Crippen molar-refractivity contribution in [3.8, 4) is 0 Å². The molecule has 132 valence electrons. The van der Waals surface area contributed by atoms with Crippen molar-refractivity contribution in [3.05, 3.63) is 0 Å². The summed E-state index contributed by atoms with van der Waals surface area (Å²) in [6.07, 6.45) is 11.5. The molecule has 0 radical (unpaired) electrons. The zero-order chi connectivity index (χ0) is 16.7. The van der Waals surface area contributed by atoms with Gasteiger partial charge in [0.25, 0.3) is 0 Å². The van der Waals surface area contributed by atoms with Gasteiger partial charge < -0.3 is 15.5 Å². The van der Waals surface area contributed by atoms with Crippen molar-refractivity contribution >= 4 is 11.9 Å². The predicted molar refractivity (Wildman–Crippen MR) is 95.6 cm³/mol. The fourth-order valence-corrected chi connectivity index (χ4v) is 3.48. The minimum Gasteiger partial charge on any atom is -0.356 e. The van der Waals surface area contributed by atoms with Crippen molar-refractivity contribution in [2.45, 2.75) is 70.8 Å². The van der Waals surface area contributed by atoms with E-state index in [0.29, 0.717) is 11.5 Å². The lowest BCUT2D eigenvalue weighted by atomic mass is 9.67. The summed E-state index contributed by atoms with van der Waals surface area (Å²) in [6.45, 7) is 3.47. The second-order valence-electron chi connectivity index (χ2n) is 7.49. The Labute approximate surface area is 141 Å². The van der Waals surface area contributed by atoms with E-state index >= 15 is 0 Å². The lowest BCUT2D eigenvalue weighted by Crippen LogP contribution is -2.49. The average Bonchev–Trinajstić information content (AvgIpc) is 2.52. The third-order valence-corrected chi connectivity index (χ3v) is 5.61. The average molecular weight is 322 g/mol. The molecular formula is C18H34N4O. The summed E-state index contributed by atoms with van der Waals surface area (Å²) in [6, 6.07) is 0.503. The smallest absolute Gasteiger partial charge is 0.243 e. The second kappa shape index (κ2) is 8.55. The number of nitrogens with zero attached hydrogens (tertiary/aromatic N) is 2. The van der Waals surface area contributed by atoms with Gasteiger partial charge in [-0.25, -0.2) is 4.99 Å². The van der Waals surface area contributed by atoms with Crippen molar-refractivity contribution in [3.63, 3.8) is 0 Å². The Kier molecular flexibility index (Phi) is 6.72. The third-order valence-electron chi connectivity index (χ3n) is 5.61. The Morgan fingerprint density at radius 1 is 1.17 bits per heavy atom. The highest BCUT2D eigenvalue weighted by Gasteiger charge is 2.35. The Bertz CT molecular complexity index is 404. The van der Waals surface area contributed by atoms with Gasteiger partial charge in [-0.05, 0) is 37.5 Å². The molecule has 2 saturated carbocycles. The molecule has 0 atom stereocenters. The van der Waals surface area contributed by atoms with Crippen LogP contribution in [0.15, 0.2) is 4.99 Å². The van der Waals surface area contributed by atoms with Crippen LogP contribution in [-0.2, 0) is 4.79 Å². The van der Waals surface area contributed by atoms with Gasteiger partial charge in [0.05, 0.1) is 0 Å². The molecule has 0 aliphatic heterocycles. The molecule has 0 aromatic rings. The lowest BCUT2D eigenvalue weighted by molar-refractivity contribution is -0.127. The highest BCUT2D eigenvalue weighted by Crippen LogP contribution is 2.43. The number of amides is 1. The summed E-state index contributed by atoms with van der Waals surface area (Å²) >= 11 is 0. The number of carbonyl (C=O) groups is 1. The van der Waals surface area contributed by atoms with E-state index in [1.54, 1.807) is 19.0 Å². The van der Waals surface area contributed by atoms with E-state index in [-0.39, 0.29) is 12.5 Å². The summed E-state index contributed by atoms with van der Waals surface area (Å²) < 4.78 is 0. The molecule has 0 aromatic carbocycles. The molecule has 5 heteroatoms. The molecule has 0 unspecified atom stereocenters. The van der Waals surface area contributed by atoms with Crippen LogP contribution in [0.5, 0.6) is 0 Å². The van der Waals surface area contributed by atoms with Gasteiger partial charge in [0.1, 0.15) is 6.54 Å². The quantitative estimate of drug-likeness (QED) is 0.583. The molecular weight excluding hydrogens is 288 g/mol. The SMILES string of the molecule is CCC1(CNC(=NCC(=O)N(C)C)NC2CCCCC2)CCC1. The largest absolute Gasteiger partial charge is 0.356 e. The van der Waals surface area contributed by atoms with Gasteiger partial charge in [0.15, 0.2) is 5.96 Å². The Balaban J connectivity index is 1.92. The zero-order valence-electron chi connectivity index (χ0n) is 15.2. The topological polar surface area (TPSA) is 56.7 Å². The molecule has 0 spiro atoms. The van der Waals surface area contributed by atoms with Crippen LogP contribution in [-0.4, -0.2) is 50.0 Å². The van der Waals surface area contributed by atoms with Crippen LogP contribution >= 0.6 is 0 Å². The van der Waals surface area contributed by atoms with Gasteiger partial charge in [0, 0.05) is 26.7 Å². The Morgan fingerprint density at radius 3 is 2.39 bits per heavy atom. The van der Waals surface area contributed by atoms with E-state index in [1.807, 2.05) is 0 Å². The fraction of sp³-hybridized carbons (Fsp3) is 0.889. The van der Waals surface area contributed by atoms with Crippen LogP contribution in [0.2, 0.25) is 0 Å². The number of likely N-dealkylation sites (N-methyl/N-ethyl adjacent to an activating group) is 1. The van der Waals surface area contributed by atoms with Crippen LogP contribution in [0.4, 0.5) is 0 Å². The molecule has 2 rings (SSSR count). The van der Waals surface area contributed by atoms with Crippen molar-refractivity contribution in [2.75, 3.05) is 27.2 Å². The van der Waals surface area contributed by atoms with E-state index in [4.69, 9.17) is 0 Å². The zero-order valence-corrected chi connectivity index (χ0v) is 15.2. The number of carbonyl (C=O) groups excluding carboxylic acids is 1. The maximum Gasteiger partial charge on any atom is 0.243 e. The Morgan fingerprint density at radius 2 is 1.87 bits per heavy atom. The minimum absolute atomic E-state index is 0.0450. The number of hydrogen-bond acceptors (Lipinski definition) is 2. The minimum atomic E-state index is 0.0450. The van der Waals surface area contributed by atoms with E-state index in [0.717, 1.165) is 12.5 Å². The normalized spacial score (nSPS) is 21.4. The van der Waals surface area contributed by atoms with Crippen LogP contribution < -0.4 is 10.6 Å². The summed E-state index contributed by atoms with van der Waals surface area (Å²) in [4.78, 5) is 18.0. The molecule has 2 aliphatic carbocycles. The summed E-state index contributed by atoms with van der Waals surface area (Å²) in [5.41, 5.74) is 0.445. The second-order valence-corrected chi connectivity index (χ2v) is 7.49. The van der Waals surface area contributed by atoms with Crippen LogP contribution in [0.25, 0.3) is 0 Å². The summed E-state index contributed by atoms with van der Waals surface area (Å²) in [5.74, 6) is 0.871. The fourth-order valence-electron chi connectivity index (χ4n) is 3.48. The highest BCUT2D eigenvalue weighted by molar-refractivity contribution is 5.85. The maximum atomic E-state index is 11.8. The van der Waals surface area contributed by atoms with Crippen LogP contribution in [0.3, 0.4) is 0 Å². The standard InChI is InChI=1S/C18H34N4O/c1-4-18(11-8-12-18)14-20-17(19-13-16(23)22(2)3)21-15-9-6-5-7-10-15/h15H,4-14H2,1-3H3,(H2,19,20,21). The Hall–Kier alpha value is -1.26. The molecule has 1 amide bonds. The van der Waals surface area contributed by atoms with E-state index in [1.165, 1.54) is 57.8 Å². The first-order valence-electron chi connectivity index (χ1n) is 9.30. The van der Waals surface area contributed by atoms with Crippen molar-refractivity contribution in [1.82, 2.24) is 15.5 Å². The van der Waals surface area contributed by atoms with E-state index in [9.17, 15) is 4.79 Å². The number of rotatable bonds is 6. The van der Waals surface area contributed by atoms with Gasteiger partial charge in [-0.3, -0.25) is 4.79 Å². The van der Waals surface area contributed by atoms with Crippen molar-refractivity contribution in [2.24, 2.45) is 10.4 Å². The molecule has 2 aliphatic rings. The van der Waals surface area contributed by atoms with Gasteiger partial charge in [-0.1, -0.05) is 32.6 Å².